The Balaban J connectivity index is 0.811. The van der Waals surface area contributed by atoms with Crippen molar-refractivity contribution in [2.75, 3.05) is 11.5 Å². The fourth-order valence-corrected chi connectivity index (χ4v) is 14.8. The summed E-state index contributed by atoms with van der Waals surface area (Å²) in [6.07, 6.45) is 5.90. The molecule has 1 aliphatic carbocycles. The molecular formula is C78H66N2OSi. The second-order valence-electron chi connectivity index (χ2n) is 22.7. The number of ether oxygens (including phenoxy) is 1. The number of hydrogen-bond donors (Lipinski definition) is 0. The maximum Gasteiger partial charge on any atom is 0.119 e. The third-order valence-corrected chi connectivity index (χ3v) is 20.4. The summed E-state index contributed by atoms with van der Waals surface area (Å²) < 4.78 is 8.85. The van der Waals surface area contributed by atoms with E-state index in [1.54, 1.807) is 0 Å². The van der Waals surface area contributed by atoms with Crippen LogP contribution in [0.5, 0.6) is 5.75 Å². The predicted octanol–water partition coefficient (Wildman–Crippen LogP) is 21.4. The number of benzene rings is 11. The molecule has 82 heavy (non-hydrogen) atoms. The average Bonchev–Trinajstić information content (AvgIpc) is 2.99. The first-order valence-corrected chi connectivity index (χ1v) is 32.3. The van der Waals surface area contributed by atoms with Gasteiger partial charge in [0.1, 0.15) is 5.75 Å². The van der Waals surface area contributed by atoms with Gasteiger partial charge in [-0.2, -0.15) is 0 Å². The lowest BCUT2D eigenvalue weighted by Crippen LogP contribution is -2.31. The van der Waals surface area contributed by atoms with Crippen molar-refractivity contribution in [2.45, 2.75) is 43.4 Å². The molecule has 0 amide bonds. The average molecular weight is 1080 g/mol. The van der Waals surface area contributed by atoms with E-state index >= 15 is 0 Å². The van der Waals surface area contributed by atoms with Gasteiger partial charge in [-0.05, 0) is 170 Å². The third-order valence-electron chi connectivity index (χ3n) is 17.2. The number of hydrogen-bond acceptors (Lipinski definition) is 2. The molecule has 0 spiro atoms. The zero-order chi connectivity index (χ0) is 55.6. The van der Waals surface area contributed by atoms with Crippen LogP contribution in [0.25, 0.3) is 84.2 Å². The van der Waals surface area contributed by atoms with Crippen LogP contribution in [0.3, 0.4) is 0 Å². The summed E-state index contributed by atoms with van der Waals surface area (Å²) in [5.74, 6) is 0.928. The van der Waals surface area contributed by atoms with Crippen molar-refractivity contribution >= 4 is 59.1 Å². The van der Waals surface area contributed by atoms with Crippen LogP contribution in [-0.4, -0.2) is 19.2 Å². The van der Waals surface area contributed by atoms with Gasteiger partial charge < -0.3 is 14.2 Å². The fourth-order valence-electron chi connectivity index (χ4n) is 12.8. The SMILES string of the molecule is C=Cc1ccc(-c2ccc(OCC[Si](C)(C)CCCC3(c4ccccc4)c4ccccc4-c4ccc(N(c5ccccc5)c5ccc(-c6ccc7c(c6)c6cc(-c8ccc(C=C)cc8)ccc6n7-c6ccccc6)cc5)cc43)cc2)cc1. The first-order chi connectivity index (χ1) is 40.3. The largest absolute Gasteiger partial charge is 0.494 e. The van der Waals surface area contributed by atoms with E-state index in [2.05, 4.69) is 303 Å². The molecule has 0 radical (unpaired) electrons. The first kappa shape index (κ1) is 51.9. The molecule has 1 heterocycles. The molecule has 0 fully saturated rings. The lowest BCUT2D eigenvalue weighted by atomic mass is 9.69. The minimum Gasteiger partial charge on any atom is -0.494 e. The minimum absolute atomic E-state index is 0.330. The van der Waals surface area contributed by atoms with Gasteiger partial charge in [-0.15, -0.1) is 0 Å². The molecular weight excluding hydrogens is 1010 g/mol. The summed E-state index contributed by atoms with van der Waals surface area (Å²) >= 11 is 0. The third kappa shape index (κ3) is 9.90. The summed E-state index contributed by atoms with van der Waals surface area (Å²) in [5.41, 5.74) is 22.6. The normalized spacial score (nSPS) is 13.6. The molecule has 0 saturated carbocycles. The molecule has 13 rings (SSSR count). The molecule has 4 heteroatoms. The van der Waals surface area contributed by atoms with Gasteiger partial charge in [-0.25, -0.2) is 0 Å². The van der Waals surface area contributed by atoms with Crippen molar-refractivity contribution in [1.29, 1.82) is 0 Å². The van der Waals surface area contributed by atoms with Crippen LogP contribution in [0.15, 0.2) is 280 Å². The van der Waals surface area contributed by atoms with E-state index in [-0.39, 0.29) is 5.41 Å². The highest BCUT2D eigenvalue weighted by atomic mass is 28.3. The van der Waals surface area contributed by atoms with Gasteiger partial charge in [-0.3, -0.25) is 0 Å². The van der Waals surface area contributed by atoms with Gasteiger partial charge in [0.05, 0.1) is 25.7 Å². The van der Waals surface area contributed by atoms with Gasteiger partial charge in [0.15, 0.2) is 0 Å². The highest BCUT2D eigenvalue weighted by molar-refractivity contribution is 6.77. The van der Waals surface area contributed by atoms with E-state index in [9.17, 15) is 0 Å². The number of rotatable bonds is 18. The van der Waals surface area contributed by atoms with Gasteiger partial charge in [-0.1, -0.05) is 233 Å². The first-order valence-electron chi connectivity index (χ1n) is 28.8. The Kier molecular flexibility index (Phi) is 14.1. The lowest BCUT2D eigenvalue weighted by molar-refractivity contribution is 0.338. The topological polar surface area (TPSA) is 17.4 Å². The molecule has 398 valence electrons. The molecule has 0 saturated heterocycles. The van der Waals surface area contributed by atoms with E-state index < -0.39 is 8.07 Å². The Bertz CT molecular complexity index is 4240. The minimum atomic E-state index is -1.67. The lowest BCUT2D eigenvalue weighted by Gasteiger charge is -2.35. The molecule has 1 atom stereocenters. The number of fused-ring (bicyclic) bond motifs is 6. The van der Waals surface area contributed by atoms with Gasteiger partial charge >= 0.3 is 0 Å². The van der Waals surface area contributed by atoms with E-state index in [0.29, 0.717) is 0 Å². The summed E-state index contributed by atoms with van der Waals surface area (Å²) in [7, 11) is -1.67. The van der Waals surface area contributed by atoms with Gasteiger partial charge in [0.2, 0.25) is 0 Å². The van der Waals surface area contributed by atoms with Crippen molar-refractivity contribution in [3.05, 3.63) is 308 Å². The fraction of sp³-hybridized carbons (Fsp3) is 0.103. The zero-order valence-corrected chi connectivity index (χ0v) is 47.8. The number of aromatic nitrogens is 1. The predicted molar refractivity (Wildman–Crippen MR) is 352 cm³/mol. The quantitative estimate of drug-likeness (QED) is 0.0797. The van der Waals surface area contributed by atoms with Gasteiger partial charge in [0.25, 0.3) is 0 Å². The summed E-state index contributed by atoms with van der Waals surface area (Å²) in [6, 6.07) is 100. The second kappa shape index (κ2) is 22.2. The molecule has 0 bridgehead atoms. The second-order valence-corrected chi connectivity index (χ2v) is 28.0. The maximum absolute atomic E-state index is 6.45. The van der Waals surface area contributed by atoms with Crippen molar-refractivity contribution in [2.24, 2.45) is 0 Å². The molecule has 0 aliphatic heterocycles. The molecule has 1 unspecified atom stereocenters. The van der Waals surface area contributed by atoms with Crippen molar-refractivity contribution in [3.63, 3.8) is 0 Å². The monoisotopic (exact) mass is 1070 g/mol. The highest BCUT2D eigenvalue weighted by Crippen LogP contribution is 2.57. The Morgan fingerprint density at radius 1 is 0.439 bits per heavy atom. The molecule has 0 N–H and O–H groups in total. The van der Waals surface area contributed by atoms with Crippen LogP contribution < -0.4 is 9.64 Å². The van der Waals surface area contributed by atoms with E-state index in [0.717, 1.165) is 65.1 Å². The number of nitrogens with zero attached hydrogens (tertiary/aromatic N) is 2. The van der Waals surface area contributed by atoms with E-state index in [1.165, 1.54) is 89.0 Å². The molecule has 1 aromatic heterocycles. The summed E-state index contributed by atoms with van der Waals surface area (Å²) in [4.78, 5) is 2.44. The Labute approximate surface area is 484 Å². The smallest absolute Gasteiger partial charge is 0.119 e. The van der Waals surface area contributed by atoms with Crippen LogP contribution in [-0.2, 0) is 5.41 Å². The van der Waals surface area contributed by atoms with E-state index in [1.807, 2.05) is 12.2 Å². The molecule has 3 nitrogen and oxygen atoms in total. The summed E-state index contributed by atoms with van der Waals surface area (Å²) in [6.45, 7) is 13.7. The molecule has 12 aromatic rings. The van der Waals surface area contributed by atoms with Crippen LogP contribution in [0.4, 0.5) is 17.1 Å². The molecule has 11 aromatic carbocycles. The van der Waals surface area contributed by atoms with Crippen LogP contribution in [0.1, 0.15) is 40.7 Å². The van der Waals surface area contributed by atoms with Crippen LogP contribution in [0, 0.1) is 0 Å². The Morgan fingerprint density at radius 3 is 1.51 bits per heavy atom. The van der Waals surface area contributed by atoms with E-state index in [4.69, 9.17) is 4.74 Å². The van der Waals surface area contributed by atoms with Crippen LogP contribution >= 0.6 is 0 Å². The van der Waals surface area contributed by atoms with Crippen molar-refractivity contribution in [3.8, 4) is 55.9 Å². The zero-order valence-electron chi connectivity index (χ0n) is 46.8. The van der Waals surface area contributed by atoms with Crippen molar-refractivity contribution in [1.82, 2.24) is 4.57 Å². The van der Waals surface area contributed by atoms with Gasteiger partial charge in [0, 0.05) is 38.9 Å². The number of para-hydroxylation sites is 2. The Morgan fingerprint density at radius 2 is 0.915 bits per heavy atom. The number of anilines is 3. The highest BCUT2D eigenvalue weighted by Gasteiger charge is 2.45. The standard InChI is InChI=1S/C78H66N2OSi/c1-5-56-27-31-58(32-28-56)59-37-44-69(45-38-59)81-50-52-82(3,4)51-18-49-78(64-19-10-7-11-20-64)74-26-17-16-25-70(74)71-46-43-68(55-75(71)78)79(65-21-12-8-13-22-65)67-41-35-61(36-42-67)63-40-48-77-73(54-63)72-53-62(60-33-29-57(6-2)30-34-60)39-47-76(72)80(77)66-23-14-9-15-24-66/h5-17,19-48,53-55H,1-2,18,49-52H2,3-4H3. The van der Waals surface area contributed by atoms with Crippen molar-refractivity contribution < 1.29 is 4.74 Å². The van der Waals surface area contributed by atoms with Crippen LogP contribution in [0.2, 0.25) is 25.2 Å². The Hall–Kier alpha value is -9.48. The maximum atomic E-state index is 6.45. The summed E-state index contributed by atoms with van der Waals surface area (Å²) in [5, 5.41) is 2.45. The molecule has 1 aliphatic rings.